The second kappa shape index (κ2) is 15.0. The van der Waals surface area contributed by atoms with E-state index in [4.69, 9.17) is 4.74 Å². The third kappa shape index (κ3) is 8.62. The lowest BCUT2D eigenvalue weighted by atomic mass is 10.0. The standard InChI is InChI=1S/C30H43N3O4/c1-7-20(8-2)28(34)31-23-13-15-24(16-14-23)37-25-17-18-26(32-29(35)21(9-3)10-4)27(19-25)33-30(36)22(11-5)12-6/h13-22H,7-12H2,1-6H3,(H,31,34)(H,32,35)(H,33,36). The Morgan fingerprint density at radius 3 is 1.43 bits per heavy atom. The summed E-state index contributed by atoms with van der Waals surface area (Å²) < 4.78 is 6.04. The average Bonchev–Trinajstić information content (AvgIpc) is 2.89. The number of hydrogen-bond acceptors (Lipinski definition) is 4. The van der Waals surface area contributed by atoms with Crippen LogP contribution < -0.4 is 20.7 Å². The highest BCUT2D eigenvalue weighted by molar-refractivity contribution is 6.01. The highest BCUT2D eigenvalue weighted by Gasteiger charge is 2.20. The van der Waals surface area contributed by atoms with Crippen molar-refractivity contribution in [2.75, 3.05) is 16.0 Å². The van der Waals surface area contributed by atoms with Gasteiger partial charge in [0.25, 0.3) is 0 Å². The molecule has 0 atom stereocenters. The van der Waals surface area contributed by atoms with Crippen LogP contribution in [0.1, 0.15) is 80.1 Å². The van der Waals surface area contributed by atoms with Crippen molar-refractivity contribution >= 4 is 34.8 Å². The van der Waals surface area contributed by atoms with Gasteiger partial charge < -0.3 is 20.7 Å². The molecule has 7 nitrogen and oxygen atoms in total. The highest BCUT2D eigenvalue weighted by atomic mass is 16.5. The van der Waals surface area contributed by atoms with Gasteiger partial charge in [-0.25, -0.2) is 0 Å². The number of carbonyl (C=O) groups is 3. The lowest BCUT2D eigenvalue weighted by Gasteiger charge is -2.19. The van der Waals surface area contributed by atoms with Gasteiger partial charge in [-0.3, -0.25) is 14.4 Å². The van der Waals surface area contributed by atoms with Gasteiger partial charge in [-0.1, -0.05) is 41.5 Å². The molecular formula is C30H43N3O4. The third-order valence-electron chi connectivity index (χ3n) is 6.93. The molecule has 0 aliphatic rings. The van der Waals surface area contributed by atoms with Crippen molar-refractivity contribution in [3.63, 3.8) is 0 Å². The maximum absolute atomic E-state index is 12.8. The summed E-state index contributed by atoms with van der Waals surface area (Å²) >= 11 is 0. The van der Waals surface area contributed by atoms with E-state index >= 15 is 0 Å². The number of anilines is 3. The Morgan fingerprint density at radius 2 is 0.973 bits per heavy atom. The zero-order valence-electron chi connectivity index (χ0n) is 23.1. The Bertz CT molecular complexity index is 1020. The average molecular weight is 510 g/mol. The van der Waals surface area contributed by atoms with Crippen LogP contribution in [-0.4, -0.2) is 17.7 Å². The van der Waals surface area contributed by atoms with Crippen molar-refractivity contribution in [3.05, 3.63) is 42.5 Å². The molecule has 202 valence electrons. The first-order valence-corrected chi connectivity index (χ1v) is 13.6. The van der Waals surface area contributed by atoms with Gasteiger partial charge in [0, 0.05) is 29.5 Å². The summed E-state index contributed by atoms with van der Waals surface area (Å²) in [5.41, 5.74) is 1.76. The molecule has 2 rings (SSSR count). The third-order valence-corrected chi connectivity index (χ3v) is 6.93. The van der Waals surface area contributed by atoms with Crippen LogP contribution in [0.15, 0.2) is 42.5 Å². The summed E-state index contributed by atoms with van der Waals surface area (Å²) in [7, 11) is 0. The van der Waals surface area contributed by atoms with Crippen LogP contribution in [0, 0.1) is 17.8 Å². The molecule has 0 saturated carbocycles. The van der Waals surface area contributed by atoms with Crippen LogP contribution in [0.25, 0.3) is 0 Å². The molecule has 2 aromatic carbocycles. The highest BCUT2D eigenvalue weighted by Crippen LogP contribution is 2.32. The first-order chi connectivity index (χ1) is 17.8. The summed E-state index contributed by atoms with van der Waals surface area (Å²) in [4.78, 5) is 37.9. The van der Waals surface area contributed by atoms with E-state index in [1.165, 1.54) is 0 Å². The minimum atomic E-state index is -0.116. The van der Waals surface area contributed by atoms with Gasteiger partial charge in [-0.2, -0.15) is 0 Å². The van der Waals surface area contributed by atoms with Crippen LogP contribution in [-0.2, 0) is 14.4 Å². The fourth-order valence-corrected chi connectivity index (χ4v) is 4.23. The minimum Gasteiger partial charge on any atom is -0.457 e. The molecule has 7 heteroatoms. The maximum Gasteiger partial charge on any atom is 0.227 e. The predicted molar refractivity (Wildman–Crippen MR) is 151 cm³/mol. The molecule has 0 aliphatic carbocycles. The second-order valence-electron chi connectivity index (χ2n) is 9.34. The zero-order chi connectivity index (χ0) is 27.4. The Labute approximate surface area is 221 Å². The van der Waals surface area contributed by atoms with E-state index in [9.17, 15) is 14.4 Å². The zero-order valence-corrected chi connectivity index (χ0v) is 23.1. The lowest BCUT2D eigenvalue weighted by Crippen LogP contribution is -2.25. The summed E-state index contributed by atoms with van der Waals surface area (Å²) in [5, 5.41) is 8.92. The van der Waals surface area contributed by atoms with E-state index in [1.54, 1.807) is 42.5 Å². The number of amides is 3. The van der Waals surface area contributed by atoms with Crippen molar-refractivity contribution in [1.82, 2.24) is 0 Å². The van der Waals surface area contributed by atoms with Crippen LogP contribution in [0.3, 0.4) is 0 Å². The Balaban J connectivity index is 2.24. The SMILES string of the molecule is CCC(CC)C(=O)Nc1ccc(Oc2ccc(NC(=O)C(CC)CC)c(NC(=O)C(CC)CC)c2)cc1. The van der Waals surface area contributed by atoms with E-state index < -0.39 is 0 Å². The molecule has 0 saturated heterocycles. The van der Waals surface area contributed by atoms with Crippen molar-refractivity contribution in [2.45, 2.75) is 80.1 Å². The fraction of sp³-hybridized carbons (Fsp3) is 0.500. The Hall–Kier alpha value is -3.35. The smallest absolute Gasteiger partial charge is 0.227 e. The first-order valence-electron chi connectivity index (χ1n) is 13.6. The molecule has 0 heterocycles. The number of nitrogens with one attached hydrogen (secondary N) is 3. The molecule has 3 N–H and O–H groups in total. The van der Waals surface area contributed by atoms with E-state index in [0.29, 0.717) is 28.6 Å². The van der Waals surface area contributed by atoms with Crippen molar-refractivity contribution < 1.29 is 19.1 Å². The second-order valence-corrected chi connectivity index (χ2v) is 9.34. The van der Waals surface area contributed by atoms with Crippen LogP contribution in [0.2, 0.25) is 0 Å². The van der Waals surface area contributed by atoms with Crippen LogP contribution in [0.5, 0.6) is 11.5 Å². The van der Waals surface area contributed by atoms with Crippen molar-refractivity contribution in [2.24, 2.45) is 17.8 Å². The van der Waals surface area contributed by atoms with Gasteiger partial charge >= 0.3 is 0 Å². The number of ether oxygens (including phenoxy) is 1. The first kappa shape index (κ1) is 29.9. The molecule has 0 bridgehead atoms. The molecule has 37 heavy (non-hydrogen) atoms. The van der Waals surface area contributed by atoms with E-state index in [2.05, 4.69) is 16.0 Å². The Morgan fingerprint density at radius 1 is 0.568 bits per heavy atom. The van der Waals surface area contributed by atoms with E-state index in [1.807, 2.05) is 41.5 Å². The fourth-order valence-electron chi connectivity index (χ4n) is 4.23. The topological polar surface area (TPSA) is 96.5 Å². The summed E-state index contributed by atoms with van der Waals surface area (Å²) in [6.45, 7) is 12.0. The predicted octanol–water partition coefficient (Wildman–Crippen LogP) is 7.60. The summed E-state index contributed by atoms with van der Waals surface area (Å²) in [6.07, 6.45) is 4.55. The van der Waals surface area contributed by atoms with Gasteiger partial charge in [0.15, 0.2) is 0 Å². The number of carbonyl (C=O) groups excluding carboxylic acids is 3. The van der Waals surface area contributed by atoms with Gasteiger partial charge in [0.05, 0.1) is 11.4 Å². The molecule has 0 unspecified atom stereocenters. The molecule has 0 aromatic heterocycles. The maximum atomic E-state index is 12.8. The van der Waals surface area contributed by atoms with E-state index in [0.717, 1.165) is 38.5 Å². The van der Waals surface area contributed by atoms with Crippen LogP contribution in [0.4, 0.5) is 17.1 Å². The molecule has 0 aliphatic heterocycles. The lowest BCUT2D eigenvalue weighted by molar-refractivity contribution is -0.121. The number of hydrogen-bond donors (Lipinski definition) is 3. The monoisotopic (exact) mass is 509 g/mol. The molecule has 3 amide bonds. The molecule has 0 radical (unpaired) electrons. The molecular weight excluding hydrogens is 466 g/mol. The van der Waals surface area contributed by atoms with Crippen molar-refractivity contribution in [1.29, 1.82) is 0 Å². The van der Waals surface area contributed by atoms with Gasteiger partial charge in [0.2, 0.25) is 17.7 Å². The van der Waals surface area contributed by atoms with Gasteiger partial charge in [-0.15, -0.1) is 0 Å². The molecule has 2 aromatic rings. The van der Waals surface area contributed by atoms with Gasteiger partial charge in [-0.05, 0) is 74.9 Å². The quantitative estimate of drug-likeness (QED) is 0.244. The van der Waals surface area contributed by atoms with Gasteiger partial charge in [0.1, 0.15) is 11.5 Å². The summed E-state index contributed by atoms with van der Waals surface area (Å²) in [5.74, 6) is 0.759. The number of benzene rings is 2. The molecule has 0 fully saturated rings. The Kier molecular flexibility index (Phi) is 12.1. The number of rotatable bonds is 14. The minimum absolute atomic E-state index is 0.00601. The summed E-state index contributed by atoms with van der Waals surface area (Å²) in [6, 6.07) is 12.4. The normalized spacial score (nSPS) is 11.1. The van der Waals surface area contributed by atoms with Crippen LogP contribution >= 0.6 is 0 Å². The van der Waals surface area contributed by atoms with E-state index in [-0.39, 0.29) is 35.5 Å². The largest absolute Gasteiger partial charge is 0.457 e. The van der Waals surface area contributed by atoms with Crippen molar-refractivity contribution in [3.8, 4) is 11.5 Å². The molecule has 0 spiro atoms.